The maximum atomic E-state index is 0. The van der Waals surface area contributed by atoms with Crippen LogP contribution in [0.3, 0.4) is 0 Å². The molecule has 0 spiro atoms. The predicted molar refractivity (Wildman–Crippen MR) is 17.1 cm³/mol. The summed E-state index contributed by atoms with van der Waals surface area (Å²) in [7, 11) is 0. The maximum Gasteiger partial charge on any atom is 0.316 e. The molecular formula is H4CaCoCuFeMg. The molecule has 5 heteroatoms. The fourth-order valence-corrected chi connectivity index (χ4v) is 0. The number of hydrogen-bond donors (Lipinski definition) is 0. The van der Waals surface area contributed by atoms with Gasteiger partial charge in [-0.2, -0.15) is 0 Å². The standard InChI is InChI=1S/Ca.Co.Cu.Fe.Mg.4H. The van der Waals surface area contributed by atoms with E-state index in [1.54, 1.807) is 0 Å². The molecule has 0 saturated heterocycles. The summed E-state index contributed by atoms with van der Waals surface area (Å²) in [5, 5.41) is 0. The molecule has 0 amide bonds. The molecule has 0 atom stereocenters. The zero-order valence-electron chi connectivity index (χ0n) is 0.988. The first-order chi connectivity index (χ1) is 0. The van der Waals surface area contributed by atoms with Crippen molar-refractivity contribution in [3.05, 3.63) is 0 Å². The van der Waals surface area contributed by atoms with Crippen molar-refractivity contribution < 1.29 is 50.9 Å². The summed E-state index contributed by atoms with van der Waals surface area (Å²) in [4.78, 5) is 0. The van der Waals surface area contributed by atoms with Crippen molar-refractivity contribution in [2.45, 2.75) is 0 Å². The van der Waals surface area contributed by atoms with Gasteiger partial charge in [0.1, 0.15) is 0 Å². The van der Waals surface area contributed by atoms with E-state index in [0.29, 0.717) is 0 Å². The normalized spacial score (nSPS) is 0. The van der Waals surface area contributed by atoms with E-state index in [9.17, 15) is 0 Å². The molecule has 0 aromatic heterocycles. The molecule has 2 radical (unpaired) electrons. The molecule has 0 unspecified atom stereocenters. The van der Waals surface area contributed by atoms with Crippen molar-refractivity contribution in [2.24, 2.45) is 0 Å². The molecule has 0 aromatic carbocycles. The van der Waals surface area contributed by atoms with Gasteiger partial charge in [-0.15, -0.1) is 0 Å². The van der Waals surface area contributed by atoms with E-state index in [-0.39, 0.29) is 112 Å². The van der Waals surface area contributed by atoms with Crippen LogP contribution in [0, 0.1) is 0 Å². The van der Waals surface area contributed by atoms with Gasteiger partial charge in [0.25, 0.3) is 0 Å². The second-order valence-corrected chi connectivity index (χ2v) is 0. The minimum absolute atomic E-state index is 0. The minimum Gasteiger partial charge on any atom is 0 e. The molecule has 0 aliphatic heterocycles. The van der Waals surface area contributed by atoms with E-state index in [0.717, 1.165) is 0 Å². The quantitative estimate of drug-likeness (QED) is 0.441. The van der Waals surface area contributed by atoms with Gasteiger partial charge in [-0.1, -0.05) is 0 Å². The van der Waals surface area contributed by atoms with Crippen molar-refractivity contribution >= 4 is 60.8 Å². The smallest absolute Gasteiger partial charge is 0 e. The third-order valence-electron chi connectivity index (χ3n) is 0. The predicted octanol–water partition coefficient (Wildman–Crippen LogP) is -1.84. The van der Waals surface area contributed by atoms with Crippen molar-refractivity contribution in [2.75, 3.05) is 0 Å². The Morgan fingerprint density at radius 1 is 1.00 bits per heavy atom. The van der Waals surface area contributed by atoms with Crippen molar-refractivity contribution in [1.29, 1.82) is 0 Å². The van der Waals surface area contributed by atoms with Gasteiger partial charge in [0, 0.05) is 50.9 Å². The Morgan fingerprint density at radius 3 is 1.00 bits per heavy atom. The Labute approximate surface area is 109 Å². The van der Waals surface area contributed by atoms with Gasteiger partial charge in [-0.3, -0.25) is 0 Å². The van der Waals surface area contributed by atoms with Crippen LogP contribution in [0.15, 0.2) is 0 Å². The Balaban J connectivity index is 0. The third kappa shape index (κ3) is 18.4. The van der Waals surface area contributed by atoms with Gasteiger partial charge in [0.2, 0.25) is 0 Å². The average Bonchev–Trinajstić information content (AvgIpc) is 0. The van der Waals surface area contributed by atoms with Crippen LogP contribution in [-0.4, -0.2) is 60.8 Å². The molecule has 0 aliphatic carbocycles. The van der Waals surface area contributed by atoms with E-state index >= 15 is 0 Å². The summed E-state index contributed by atoms with van der Waals surface area (Å²) in [6, 6.07) is 0. The van der Waals surface area contributed by atoms with Crippen molar-refractivity contribution in [3.63, 3.8) is 0 Å². The van der Waals surface area contributed by atoms with Crippen molar-refractivity contribution in [1.82, 2.24) is 0 Å². The second-order valence-electron chi connectivity index (χ2n) is 0. The molecule has 0 aromatic rings. The summed E-state index contributed by atoms with van der Waals surface area (Å²) in [6.45, 7) is 0. The topological polar surface area (TPSA) is 0 Å². The SMILES string of the molecule is [CaH2].[Co].[Cu].[Fe].[MgH2]. The van der Waals surface area contributed by atoms with Crippen LogP contribution in [0.5, 0.6) is 0 Å². The van der Waals surface area contributed by atoms with E-state index < -0.39 is 0 Å². The van der Waals surface area contributed by atoms with Gasteiger partial charge in [-0.05, 0) is 0 Å². The molecule has 0 aliphatic rings. The first-order valence-electron chi connectivity index (χ1n) is 0. The molecule has 0 saturated carbocycles. The Bertz CT molecular complexity index is 11.6. The average molecular weight is 247 g/mol. The van der Waals surface area contributed by atoms with Gasteiger partial charge in [0.15, 0.2) is 0 Å². The monoisotopic (exact) mass is 246 g/mol. The molecule has 0 heterocycles. The first kappa shape index (κ1) is 38.5. The minimum atomic E-state index is 0. The van der Waals surface area contributed by atoms with E-state index in [2.05, 4.69) is 0 Å². The summed E-state index contributed by atoms with van der Waals surface area (Å²) in [6.07, 6.45) is 0. The molecule has 0 nitrogen and oxygen atoms in total. The molecule has 0 rings (SSSR count). The number of hydrogen-bond acceptors (Lipinski definition) is 0. The maximum absolute atomic E-state index is 0. The van der Waals surface area contributed by atoms with Gasteiger partial charge < -0.3 is 0 Å². The van der Waals surface area contributed by atoms with E-state index in [4.69, 9.17) is 0 Å². The van der Waals surface area contributed by atoms with Crippen LogP contribution >= 0.6 is 0 Å². The molecule has 0 bridgehead atoms. The van der Waals surface area contributed by atoms with E-state index in [1.807, 2.05) is 0 Å². The van der Waals surface area contributed by atoms with Gasteiger partial charge >= 0.3 is 60.8 Å². The summed E-state index contributed by atoms with van der Waals surface area (Å²) in [5.41, 5.74) is 0. The summed E-state index contributed by atoms with van der Waals surface area (Å²) in [5.74, 6) is 0. The van der Waals surface area contributed by atoms with Crippen LogP contribution < -0.4 is 0 Å². The Hall–Kier alpha value is 3.57. The van der Waals surface area contributed by atoms with Crippen LogP contribution in [0.2, 0.25) is 0 Å². The van der Waals surface area contributed by atoms with Gasteiger partial charge in [0.05, 0.1) is 0 Å². The zero-order chi connectivity index (χ0) is 0. The summed E-state index contributed by atoms with van der Waals surface area (Å²) < 4.78 is 0. The van der Waals surface area contributed by atoms with Crippen molar-refractivity contribution in [3.8, 4) is 0 Å². The zero-order valence-corrected chi connectivity index (χ0v) is 4.08. The molecular weight excluding hydrogens is 243 g/mol. The third-order valence-corrected chi connectivity index (χ3v) is 0. The second kappa shape index (κ2) is 25.6. The summed E-state index contributed by atoms with van der Waals surface area (Å²) >= 11 is 0. The van der Waals surface area contributed by atoms with Gasteiger partial charge in [-0.25, -0.2) is 0 Å². The Kier molecular flexibility index (Phi) is 198. The fraction of sp³-hybridized carbons (Fsp3) is 0. The molecule has 0 fully saturated rings. The number of rotatable bonds is 0. The first-order valence-corrected chi connectivity index (χ1v) is 0. The van der Waals surface area contributed by atoms with E-state index in [1.165, 1.54) is 0 Å². The van der Waals surface area contributed by atoms with Crippen LogP contribution in [0.4, 0.5) is 0 Å². The van der Waals surface area contributed by atoms with Crippen LogP contribution in [0.25, 0.3) is 0 Å². The van der Waals surface area contributed by atoms with Crippen LogP contribution in [0.1, 0.15) is 0 Å². The molecule has 5 heavy (non-hydrogen) atoms. The molecule has 36 valence electrons. The largest absolute Gasteiger partial charge is 0.316 e. The Morgan fingerprint density at radius 2 is 1.00 bits per heavy atom. The van der Waals surface area contributed by atoms with Crippen LogP contribution in [-0.2, 0) is 50.9 Å². The fourth-order valence-electron chi connectivity index (χ4n) is 0. The molecule has 0 N–H and O–H groups in total.